The molecular weight excluding hydrogens is 379 g/mol. The van der Waals surface area contributed by atoms with E-state index in [4.69, 9.17) is 23.2 Å². The highest BCUT2D eigenvalue weighted by atomic mass is 35.5. The summed E-state index contributed by atoms with van der Waals surface area (Å²) in [5.41, 5.74) is 1.65. The molecule has 0 bridgehead atoms. The summed E-state index contributed by atoms with van der Waals surface area (Å²) in [7, 11) is 4.16. The van der Waals surface area contributed by atoms with Gasteiger partial charge in [-0.2, -0.15) is 0 Å². The van der Waals surface area contributed by atoms with Crippen molar-refractivity contribution in [3.63, 3.8) is 0 Å². The van der Waals surface area contributed by atoms with Gasteiger partial charge in [-0.05, 0) is 56.6 Å². The number of nitrogens with zero attached hydrogens (tertiary/aromatic N) is 1. The molecule has 1 fully saturated rings. The second kappa shape index (κ2) is 9.09. The van der Waals surface area contributed by atoms with E-state index in [1.165, 1.54) is 0 Å². The maximum Gasteiger partial charge on any atom is 0.253 e. The normalized spacial score (nSPS) is 21.1. The lowest BCUT2D eigenvalue weighted by Gasteiger charge is -2.41. The van der Waals surface area contributed by atoms with E-state index in [0.717, 1.165) is 36.3 Å². The van der Waals surface area contributed by atoms with Crippen LogP contribution >= 0.6 is 23.2 Å². The molecule has 1 aliphatic rings. The number of rotatable bonds is 5. The second-order valence-corrected chi connectivity index (χ2v) is 8.25. The van der Waals surface area contributed by atoms with Gasteiger partial charge in [-0.1, -0.05) is 66.4 Å². The van der Waals surface area contributed by atoms with E-state index in [1.54, 1.807) is 12.1 Å². The predicted molar refractivity (Wildman–Crippen MR) is 113 cm³/mol. The number of amides is 1. The summed E-state index contributed by atoms with van der Waals surface area (Å²) in [6, 6.07) is 15.4. The van der Waals surface area contributed by atoms with Crippen molar-refractivity contribution in [2.24, 2.45) is 5.92 Å². The minimum atomic E-state index is -0.103. The number of nitrogens with one attached hydrogen (secondary N) is 1. The summed E-state index contributed by atoms with van der Waals surface area (Å²) >= 11 is 12.7. The molecule has 0 heterocycles. The van der Waals surface area contributed by atoms with Crippen LogP contribution in [0.2, 0.25) is 10.0 Å². The summed E-state index contributed by atoms with van der Waals surface area (Å²) in [4.78, 5) is 15.1. The van der Waals surface area contributed by atoms with E-state index in [-0.39, 0.29) is 18.0 Å². The van der Waals surface area contributed by atoms with Gasteiger partial charge in [0.2, 0.25) is 0 Å². The van der Waals surface area contributed by atoms with Gasteiger partial charge in [-0.25, -0.2) is 0 Å². The molecule has 2 aromatic carbocycles. The van der Waals surface area contributed by atoms with Crippen LogP contribution in [0.15, 0.2) is 48.5 Å². The SMILES string of the molecule is CN(C)C(c1ccccc1Cl)[C@@H]1CCCC[C@H]1NC(=O)c1ccccc1Cl. The minimum absolute atomic E-state index is 0.0891. The third-order valence-electron chi connectivity index (χ3n) is 5.44. The molecule has 0 radical (unpaired) electrons. The summed E-state index contributed by atoms with van der Waals surface area (Å²) in [5.74, 6) is 0.189. The first-order valence-electron chi connectivity index (χ1n) is 9.45. The van der Waals surface area contributed by atoms with Gasteiger partial charge in [0.1, 0.15) is 0 Å². The van der Waals surface area contributed by atoms with Crippen molar-refractivity contribution in [1.82, 2.24) is 10.2 Å². The van der Waals surface area contributed by atoms with Gasteiger partial charge in [0.05, 0.1) is 10.6 Å². The van der Waals surface area contributed by atoms with E-state index in [2.05, 4.69) is 30.4 Å². The fraction of sp³-hybridized carbons (Fsp3) is 0.409. The van der Waals surface area contributed by atoms with Gasteiger partial charge in [0.15, 0.2) is 0 Å². The molecule has 0 aromatic heterocycles. The highest BCUT2D eigenvalue weighted by molar-refractivity contribution is 6.33. The van der Waals surface area contributed by atoms with Gasteiger partial charge in [-0.3, -0.25) is 4.79 Å². The number of hydrogen-bond donors (Lipinski definition) is 1. The lowest BCUT2D eigenvalue weighted by atomic mass is 9.77. The molecule has 144 valence electrons. The van der Waals surface area contributed by atoms with Crippen molar-refractivity contribution in [3.8, 4) is 0 Å². The molecule has 0 spiro atoms. The molecule has 1 unspecified atom stereocenters. The molecule has 2 aromatic rings. The summed E-state index contributed by atoms with van der Waals surface area (Å²) in [6.07, 6.45) is 4.31. The number of carbonyl (C=O) groups excluding carboxylic acids is 1. The summed E-state index contributed by atoms with van der Waals surface area (Å²) in [5, 5.41) is 4.52. The first-order valence-corrected chi connectivity index (χ1v) is 10.2. The Morgan fingerprint density at radius 1 is 1.00 bits per heavy atom. The number of hydrogen-bond acceptors (Lipinski definition) is 2. The zero-order valence-electron chi connectivity index (χ0n) is 15.8. The first-order chi connectivity index (χ1) is 13.0. The zero-order valence-corrected chi connectivity index (χ0v) is 17.3. The Bertz CT molecular complexity index is 793. The lowest BCUT2D eigenvalue weighted by molar-refractivity contribution is 0.0846. The van der Waals surface area contributed by atoms with Crippen LogP contribution in [-0.2, 0) is 0 Å². The van der Waals surface area contributed by atoms with E-state index in [1.807, 2.05) is 30.3 Å². The lowest BCUT2D eigenvalue weighted by Crippen LogP contribution is -2.47. The molecule has 3 rings (SSSR count). The van der Waals surface area contributed by atoms with Crippen LogP contribution in [0.4, 0.5) is 0 Å². The Labute approximate surface area is 171 Å². The van der Waals surface area contributed by atoms with Crippen molar-refractivity contribution in [2.45, 2.75) is 37.8 Å². The monoisotopic (exact) mass is 404 g/mol. The van der Waals surface area contributed by atoms with Crippen molar-refractivity contribution in [2.75, 3.05) is 14.1 Å². The highest BCUT2D eigenvalue weighted by Gasteiger charge is 2.36. The summed E-state index contributed by atoms with van der Waals surface area (Å²) < 4.78 is 0. The van der Waals surface area contributed by atoms with Gasteiger partial charge in [-0.15, -0.1) is 0 Å². The maximum atomic E-state index is 12.8. The number of carbonyl (C=O) groups is 1. The van der Waals surface area contributed by atoms with Crippen molar-refractivity contribution in [1.29, 1.82) is 0 Å². The van der Waals surface area contributed by atoms with Crippen molar-refractivity contribution >= 4 is 29.1 Å². The van der Waals surface area contributed by atoms with E-state index in [9.17, 15) is 4.79 Å². The number of benzene rings is 2. The first kappa shape index (κ1) is 20.2. The Kier molecular flexibility index (Phi) is 6.80. The van der Waals surface area contributed by atoms with Crippen molar-refractivity contribution < 1.29 is 4.79 Å². The van der Waals surface area contributed by atoms with Gasteiger partial charge < -0.3 is 10.2 Å². The molecule has 1 saturated carbocycles. The molecule has 0 saturated heterocycles. The standard InChI is InChI=1S/C22H26Cl2N2O/c1-26(2)21(15-9-3-6-12-18(15)23)17-11-5-8-14-20(17)25-22(27)16-10-4-7-13-19(16)24/h3-4,6-7,9-10,12-13,17,20-21H,5,8,11,14H2,1-2H3,(H,25,27)/t17-,20-,21?/m1/s1. The molecule has 3 atom stereocenters. The molecule has 3 nitrogen and oxygen atoms in total. The average molecular weight is 405 g/mol. The molecule has 1 amide bonds. The third-order valence-corrected chi connectivity index (χ3v) is 6.11. The van der Waals surface area contributed by atoms with Crippen LogP contribution < -0.4 is 5.32 Å². The van der Waals surface area contributed by atoms with Crippen LogP contribution in [-0.4, -0.2) is 30.9 Å². The quantitative estimate of drug-likeness (QED) is 0.704. The summed E-state index contributed by atoms with van der Waals surface area (Å²) in [6.45, 7) is 0. The van der Waals surface area contributed by atoms with E-state index < -0.39 is 0 Å². The van der Waals surface area contributed by atoms with Gasteiger partial charge in [0.25, 0.3) is 5.91 Å². The fourth-order valence-corrected chi connectivity index (χ4v) is 4.68. The Balaban J connectivity index is 1.86. The smallest absolute Gasteiger partial charge is 0.253 e. The second-order valence-electron chi connectivity index (χ2n) is 7.44. The van der Waals surface area contributed by atoms with Crippen LogP contribution in [0.1, 0.15) is 47.6 Å². The topological polar surface area (TPSA) is 32.3 Å². The largest absolute Gasteiger partial charge is 0.349 e. The van der Waals surface area contributed by atoms with E-state index >= 15 is 0 Å². The third kappa shape index (κ3) is 4.66. The predicted octanol–water partition coefficient (Wildman–Crippen LogP) is 5.58. The van der Waals surface area contributed by atoms with Gasteiger partial charge in [0, 0.05) is 17.1 Å². The highest BCUT2D eigenvalue weighted by Crippen LogP contribution is 2.40. The molecule has 27 heavy (non-hydrogen) atoms. The average Bonchev–Trinajstić information content (AvgIpc) is 2.65. The molecule has 5 heteroatoms. The Hall–Kier alpha value is -1.55. The van der Waals surface area contributed by atoms with Crippen molar-refractivity contribution in [3.05, 3.63) is 69.7 Å². The zero-order chi connectivity index (χ0) is 19.4. The molecular formula is C22H26Cl2N2O. The molecule has 1 aliphatic carbocycles. The van der Waals surface area contributed by atoms with E-state index in [0.29, 0.717) is 16.5 Å². The Morgan fingerprint density at radius 2 is 1.63 bits per heavy atom. The van der Waals surface area contributed by atoms with Crippen LogP contribution in [0.3, 0.4) is 0 Å². The van der Waals surface area contributed by atoms with Crippen LogP contribution in [0.5, 0.6) is 0 Å². The minimum Gasteiger partial charge on any atom is -0.349 e. The van der Waals surface area contributed by atoms with Crippen LogP contribution in [0.25, 0.3) is 0 Å². The van der Waals surface area contributed by atoms with Crippen LogP contribution in [0, 0.1) is 5.92 Å². The molecule has 1 N–H and O–H groups in total. The molecule has 0 aliphatic heterocycles. The Morgan fingerprint density at radius 3 is 2.30 bits per heavy atom. The maximum absolute atomic E-state index is 12.8. The fourth-order valence-electron chi connectivity index (χ4n) is 4.21. The number of halogens is 2. The van der Waals surface area contributed by atoms with Gasteiger partial charge >= 0.3 is 0 Å².